The first-order valence-corrected chi connectivity index (χ1v) is 12.0. The van der Waals surface area contributed by atoms with Gasteiger partial charge in [0.15, 0.2) is 0 Å². The number of rotatable bonds is 0. The fourth-order valence-electron chi connectivity index (χ4n) is 3.82. The van der Waals surface area contributed by atoms with Gasteiger partial charge in [-0.25, -0.2) is 4.98 Å². The van der Waals surface area contributed by atoms with E-state index in [1.165, 1.54) is 0 Å². The van der Waals surface area contributed by atoms with E-state index in [1.54, 1.807) is 12.4 Å². The van der Waals surface area contributed by atoms with Crippen LogP contribution in [0.2, 0.25) is 0 Å². The first kappa shape index (κ1) is 23.7. The highest BCUT2D eigenvalue weighted by molar-refractivity contribution is 5.81. The molecule has 2 aromatic heterocycles. The van der Waals surface area contributed by atoms with Gasteiger partial charge in [0.25, 0.3) is 0 Å². The van der Waals surface area contributed by atoms with Crippen LogP contribution in [-0.4, -0.2) is 22.4 Å². The number of hydrogen-bond donors (Lipinski definition) is 0. The summed E-state index contributed by atoms with van der Waals surface area (Å²) >= 11 is 0. The Bertz CT molecular complexity index is 1240. The van der Waals surface area contributed by atoms with Crippen LogP contribution in [0, 0.1) is 0 Å². The highest BCUT2D eigenvalue weighted by Gasteiger charge is 2.02. The summed E-state index contributed by atoms with van der Waals surface area (Å²) in [4.78, 5) is 18.4. The standard InChI is InChI=1S/C30H28N4O2/c1-3-27-17-31-15-23-7-11-25(12-8-23)19-35-21-29-5-2-6-30(34-29)22-36-20-26-13-9-24(10-14-26)16-32-18-28(4-1)33-27/h1-14,17-18H,15-16,19-22H2/b31-17+,32-18+. The third-order valence-electron chi connectivity index (χ3n) is 5.73. The maximum absolute atomic E-state index is 5.90. The number of aromatic nitrogens is 2. The van der Waals surface area contributed by atoms with Gasteiger partial charge < -0.3 is 9.47 Å². The van der Waals surface area contributed by atoms with Gasteiger partial charge in [-0.3, -0.25) is 15.0 Å². The summed E-state index contributed by atoms with van der Waals surface area (Å²) in [7, 11) is 0. The van der Waals surface area contributed by atoms with Crippen molar-refractivity contribution >= 4 is 12.4 Å². The molecular formula is C30H28N4O2. The molecule has 0 radical (unpaired) electrons. The minimum absolute atomic E-state index is 0.454. The van der Waals surface area contributed by atoms with Crippen molar-refractivity contribution in [2.75, 3.05) is 0 Å². The Labute approximate surface area is 211 Å². The third kappa shape index (κ3) is 7.01. The van der Waals surface area contributed by atoms with Gasteiger partial charge in [0.2, 0.25) is 0 Å². The van der Waals surface area contributed by atoms with E-state index in [0.29, 0.717) is 39.5 Å². The normalized spacial score (nSPS) is 16.4. The second kappa shape index (κ2) is 12.1. The molecule has 0 amide bonds. The van der Waals surface area contributed by atoms with Gasteiger partial charge in [0.05, 0.1) is 62.3 Å². The number of pyridine rings is 2. The molecule has 0 atom stereocenters. The lowest BCUT2D eigenvalue weighted by Crippen LogP contribution is -2.01. The van der Waals surface area contributed by atoms with Crippen LogP contribution in [0.15, 0.2) is 94.9 Å². The summed E-state index contributed by atoms with van der Waals surface area (Å²) in [6.45, 7) is 3.15. The lowest BCUT2D eigenvalue weighted by atomic mass is 10.1. The smallest absolute Gasteiger partial charge is 0.0892 e. The van der Waals surface area contributed by atoms with E-state index in [0.717, 1.165) is 45.0 Å². The van der Waals surface area contributed by atoms with Crippen molar-refractivity contribution in [3.05, 3.63) is 130 Å². The second-order valence-corrected chi connectivity index (χ2v) is 8.67. The van der Waals surface area contributed by atoms with E-state index in [4.69, 9.17) is 9.47 Å². The van der Waals surface area contributed by atoms with Gasteiger partial charge in [-0.2, -0.15) is 0 Å². The number of benzene rings is 2. The average Bonchev–Trinajstić information content (AvgIpc) is 2.91. The Morgan fingerprint density at radius 1 is 0.444 bits per heavy atom. The third-order valence-corrected chi connectivity index (χ3v) is 5.73. The predicted molar refractivity (Wildman–Crippen MR) is 141 cm³/mol. The molecule has 180 valence electrons. The number of nitrogens with zero attached hydrogens (tertiary/aromatic N) is 4. The van der Waals surface area contributed by atoms with Crippen molar-refractivity contribution in [1.29, 1.82) is 0 Å². The van der Waals surface area contributed by atoms with Crippen molar-refractivity contribution in [3.8, 4) is 0 Å². The molecule has 2 aromatic carbocycles. The van der Waals surface area contributed by atoms with Gasteiger partial charge in [0, 0.05) is 12.4 Å². The van der Waals surface area contributed by atoms with Crippen LogP contribution in [0.3, 0.4) is 0 Å². The summed E-state index contributed by atoms with van der Waals surface area (Å²) in [6, 6.07) is 28.5. The van der Waals surface area contributed by atoms with Crippen LogP contribution in [-0.2, 0) is 49.0 Å². The quantitative estimate of drug-likeness (QED) is 0.338. The number of ether oxygens (including phenoxy) is 2. The zero-order chi connectivity index (χ0) is 24.4. The van der Waals surface area contributed by atoms with E-state index < -0.39 is 0 Å². The van der Waals surface area contributed by atoms with Crippen molar-refractivity contribution in [2.45, 2.75) is 39.5 Å². The molecule has 8 bridgehead atoms. The molecule has 0 saturated carbocycles. The van der Waals surface area contributed by atoms with E-state index in [9.17, 15) is 0 Å². The van der Waals surface area contributed by atoms with Crippen LogP contribution in [0.25, 0.3) is 0 Å². The van der Waals surface area contributed by atoms with Gasteiger partial charge in [-0.1, -0.05) is 60.7 Å². The second-order valence-electron chi connectivity index (χ2n) is 8.67. The van der Waals surface area contributed by atoms with E-state index in [2.05, 4.69) is 68.5 Å². The van der Waals surface area contributed by atoms with Gasteiger partial charge in [0.1, 0.15) is 0 Å². The monoisotopic (exact) mass is 476 g/mol. The molecule has 6 heterocycles. The fraction of sp³-hybridized carbons (Fsp3) is 0.200. The van der Waals surface area contributed by atoms with Gasteiger partial charge in [-0.15, -0.1) is 0 Å². The first-order chi connectivity index (χ1) is 17.8. The lowest BCUT2D eigenvalue weighted by Gasteiger charge is -2.08. The highest BCUT2D eigenvalue weighted by atomic mass is 16.5. The largest absolute Gasteiger partial charge is 0.370 e. The summed E-state index contributed by atoms with van der Waals surface area (Å²) in [5.74, 6) is 0. The molecule has 0 N–H and O–H groups in total. The Morgan fingerprint density at radius 3 is 1.39 bits per heavy atom. The van der Waals surface area contributed by atoms with Gasteiger partial charge in [-0.05, 0) is 46.5 Å². The molecule has 0 aliphatic carbocycles. The Kier molecular flexibility index (Phi) is 7.98. The highest BCUT2D eigenvalue weighted by Crippen LogP contribution is 2.11. The molecule has 0 fully saturated rings. The molecule has 8 rings (SSSR count). The number of hydrogen-bond acceptors (Lipinski definition) is 6. The zero-order valence-corrected chi connectivity index (χ0v) is 20.1. The maximum Gasteiger partial charge on any atom is 0.0892 e. The summed E-state index contributed by atoms with van der Waals surface area (Å²) in [5, 5.41) is 0. The maximum atomic E-state index is 5.90. The van der Waals surface area contributed by atoms with Gasteiger partial charge >= 0.3 is 0 Å². The SMILES string of the molecule is C1=N/Cc2ccc(cc2)COCc2cccc(n2)COCc2ccc(cc2)C/N=C/c2cccc/1n2. The lowest BCUT2D eigenvalue weighted by molar-refractivity contribution is 0.0980. The Morgan fingerprint density at radius 2 is 0.889 bits per heavy atom. The van der Waals surface area contributed by atoms with Crippen molar-refractivity contribution in [1.82, 2.24) is 9.97 Å². The van der Waals surface area contributed by atoms with Crippen molar-refractivity contribution < 1.29 is 9.47 Å². The fourth-order valence-corrected chi connectivity index (χ4v) is 3.82. The van der Waals surface area contributed by atoms with E-state index >= 15 is 0 Å². The summed E-state index contributed by atoms with van der Waals surface area (Å²) in [6.07, 6.45) is 3.61. The summed E-state index contributed by atoms with van der Waals surface area (Å²) in [5.41, 5.74) is 7.91. The molecular weight excluding hydrogens is 448 g/mol. The first-order valence-electron chi connectivity index (χ1n) is 12.0. The molecule has 0 saturated heterocycles. The van der Waals surface area contributed by atoms with E-state index in [-0.39, 0.29) is 0 Å². The minimum Gasteiger partial charge on any atom is -0.370 e. The van der Waals surface area contributed by atoms with Crippen LogP contribution < -0.4 is 0 Å². The Balaban J connectivity index is 1.32. The molecule has 6 nitrogen and oxygen atoms in total. The molecule has 36 heavy (non-hydrogen) atoms. The Hall–Kier alpha value is -4.00. The molecule has 6 heteroatoms. The van der Waals surface area contributed by atoms with Crippen molar-refractivity contribution in [3.63, 3.8) is 0 Å². The predicted octanol–water partition coefficient (Wildman–Crippen LogP) is 5.46. The zero-order valence-electron chi connectivity index (χ0n) is 20.1. The summed E-state index contributed by atoms with van der Waals surface area (Å²) < 4.78 is 11.8. The van der Waals surface area contributed by atoms with E-state index in [1.807, 2.05) is 36.4 Å². The van der Waals surface area contributed by atoms with Crippen LogP contribution in [0.1, 0.15) is 45.0 Å². The number of aliphatic imine (C=N–C) groups is 2. The van der Waals surface area contributed by atoms with Crippen LogP contribution >= 0.6 is 0 Å². The molecule has 4 aromatic rings. The average molecular weight is 477 g/mol. The van der Waals surface area contributed by atoms with Crippen molar-refractivity contribution in [2.24, 2.45) is 9.98 Å². The topological polar surface area (TPSA) is 69.0 Å². The molecule has 0 spiro atoms. The van der Waals surface area contributed by atoms with Crippen LogP contribution in [0.5, 0.6) is 0 Å². The molecule has 0 unspecified atom stereocenters. The van der Waals surface area contributed by atoms with Crippen LogP contribution in [0.4, 0.5) is 0 Å². The molecule has 4 aliphatic rings. The molecule has 4 aliphatic heterocycles. The minimum atomic E-state index is 0.454.